The van der Waals surface area contributed by atoms with Gasteiger partial charge in [-0.3, -0.25) is 0 Å². The van der Waals surface area contributed by atoms with E-state index in [0.29, 0.717) is 5.57 Å². The maximum absolute atomic E-state index is 9.50. The predicted molar refractivity (Wildman–Crippen MR) is 61.9 cm³/mol. The Balaban J connectivity index is 2.83. The van der Waals surface area contributed by atoms with E-state index in [-0.39, 0.29) is 31.3 Å². The molecule has 0 saturated carbocycles. The Hall–Kier alpha value is -1.56. The van der Waals surface area contributed by atoms with Crippen LogP contribution >= 0.6 is 0 Å². The first-order valence-electron chi connectivity index (χ1n) is 5.19. The quantitative estimate of drug-likeness (QED) is 0.527. The number of rotatable bonds is 6. The molecule has 0 aromatic heterocycles. The standard InChI is InChI=1S/C12H16O5/c13-6-5-9(7-14)12(8-15)17-11-4-2-1-3-10(11)16/h1-5,12-16H,6-8H2. The largest absolute Gasteiger partial charge is 0.504 e. The van der Waals surface area contributed by atoms with Crippen LogP contribution in [0.5, 0.6) is 11.5 Å². The fraction of sp³-hybridized carbons (Fsp3) is 0.333. The van der Waals surface area contributed by atoms with Crippen molar-refractivity contribution in [3.05, 3.63) is 35.9 Å². The SMILES string of the molecule is OCC=C(CO)C(CO)Oc1ccccc1O. The fourth-order valence-electron chi connectivity index (χ4n) is 1.36. The van der Waals surface area contributed by atoms with Crippen molar-refractivity contribution in [2.45, 2.75) is 6.10 Å². The van der Waals surface area contributed by atoms with E-state index < -0.39 is 6.10 Å². The number of phenols is 1. The van der Waals surface area contributed by atoms with Crippen molar-refractivity contribution in [3.63, 3.8) is 0 Å². The third-order valence-corrected chi connectivity index (χ3v) is 2.25. The van der Waals surface area contributed by atoms with E-state index >= 15 is 0 Å². The Morgan fingerprint density at radius 2 is 1.94 bits per heavy atom. The van der Waals surface area contributed by atoms with Crippen LogP contribution in [-0.4, -0.2) is 46.4 Å². The van der Waals surface area contributed by atoms with Crippen LogP contribution in [0.4, 0.5) is 0 Å². The number of aliphatic hydroxyl groups is 3. The first-order chi connectivity index (χ1) is 8.22. The summed E-state index contributed by atoms with van der Waals surface area (Å²) in [5, 5.41) is 36.5. The van der Waals surface area contributed by atoms with Crippen LogP contribution in [0.15, 0.2) is 35.9 Å². The van der Waals surface area contributed by atoms with E-state index in [1.165, 1.54) is 12.1 Å². The number of para-hydroxylation sites is 2. The van der Waals surface area contributed by atoms with Gasteiger partial charge in [0.1, 0.15) is 6.10 Å². The summed E-state index contributed by atoms with van der Waals surface area (Å²) in [5.74, 6) is 0.163. The average Bonchev–Trinajstić information content (AvgIpc) is 2.35. The summed E-state index contributed by atoms with van der Waals surface area (Å²) < 4.78 is 5.36. The van der Waals surface area contributed by atoms with Crippen molar-refractivity contribution >= 4 is 0 Å². The van der Waals surface area contributed by atoms with E-state index in [1.54, 1.807) is 18.2 Å². The molecule has 1 rings (SSSR count). The van der Waals surface area contributed by atoms with Crippen molar-refractivity contribution in [1.82, 2.24) is 0 Å². The molecule has 0 spiro atoms. The molecular weight excluding hydrogens is 224 g/mol. The first-order valence-corrected chi connectivity index (χ1v) is 5.19. The van der Waals surface area contributed by atoms with E-state index in [1.807, 2.05) is 0 Å². The summed E-state index contributed by atoms with van der Waals surface area (Å²) in [6.07, 6.45) is 0.571. The van der Waals surface area contributed by atoms with Gasteiger partial charge in [0.25, 0.3) is 0 Å². The zero-order valence-electron chi connectivity index (χ0n) is 9.28. The summed E-state index contributed by atoms with van der Waals surface area (Å²) in [6.45, 7) is -0.948. The second kappa shape index (κ2) is 6.90. The maximum Gasteiger partial charge on any atom is 0.161 e. The van der Waals surface area contributed by atoms with Crippen LogP contribution < -0.4 is 4.74 Å². The topological polar surface area (TPSA) is 90.2 Å². The molecule has 0 heterocycles. The van der Waals surface area contributed by atoms with E-state index in [4.69, 9.17) is 20.1 Å². The molecule has 94 valence electrons. The van der Waals surface area contributed by atoms with Crippen molar-refractivity contribution in [2.75, 3.05) is 19.8 Å². The Kier molecular flexibility index (Phi) is 5.48. The minimum Gasteiger partial charge on any atom is -0.504 e. The van der Waals surface area contributed by atoms with Gasteiger partial charge in [0, 0.05) is 0 Å². The fourth-order valence-corrected chi connectivity index (χ4v) is 1.36. The number of benzene rings is 1. The van der Waals surface area contributed by atoms with E-state index in [9.17, 15) is 5.11 Å². The van der Waals surface area contributed by atoms with Gasteiger partial charge in [-0.1, -0.05) is 18.2 Å². The molecule has 5 nitrogen and oxygen atoms in total. The average molecular weight is 240 g/mol. The molecule has 0 bridgehead atoms. The Morgan fingerprint density at radius 3 is 2.47 bits per heavy atom. The molecule has 0 aliphatic heterocycles. The zero-order chi connectivity index (χ0) is 12.7. The predicted octanol–water partition coefficient (Wildman–Crippen LogP) is 0.0429. The molecule has 1 aromatic rings. The molecule has 0 amide bonds. The molecule has 1 aromatic carbocycles. The molecule has 0 aliphatic rings. The molecule has 0 saturated heterocycles. The Morgan fingerprint density at radius 1 is 1.24 bits per heavy atom. The van der Waals surface area contributed by atoms with Crippen molar-refractivity contribution in [3.8, 4) is 11.5 Å². The van der Waals surface area contributed by atoms with Crippen molar-refractivity contribution in [2.24, 2.45) is 0 Å². The number of hydrogen-bond donors (Lipinski definition) is 4. The maximum atomic E-state index is 9.50. The number of aliphatic hydroxyl groups excluding tert-OH is 3. The number of phenolic OH excluding ortho intramolecular Hbond substituents is 1. The van der Waals surface area contributed by atoms with Gasteiger partial charge in [-0.05, 0) is 17.7 Å². The molecule has 17 heavy (non-hydrogen) atoms. The van der Waals surface area contributed by atoms with Gasteiger partial charge in [0.2, 0.25) is 0 Å². The van der Waals surface area contributed by atoms with Crippen LogP contribution in [0.25, 0.3) is 0 Å². The van der Waals surface area contributed by atoms with E-state index in [2.05, 4.69) is 0 Å². The second-order valence-corrected chi connectivity index (χ2v) is 3.38. The number of ether oxygens (including phenoxy) is 1. The van der Waals surface area contributed by atoms with Crippen LogP contribution in [0.1, 0.15) is 0 Å². The van der Waals surface area contributed by atoms with Crippen LogP contribution in [0.2, 0.25) is 0 Å². The van der Waals surface area contributed by atoms with Crippen LogP contribution in [0, 0.1) is 0 Å². The Bertz CT molecular complexity index is 375. The zero-order valence-corrected chi connectivity index (χ0v) is 9.28. The number of aromatic hydroxyl groups is 1. The normalized spacial score (nSPS) is 13.5. The molecule has 1 atom stereocenters. The lowest BCUT2D eigenvalue weighted by Gasteiger charge is -2.19. The molecular formula is C12H16O5. The summed E-state index contributed by atoms with van der Waals surface area (Å²) >= 11 is 0. The highest BCUT2D eigenvalue weighted by Gasteiger charge is 2.16. The van der Waals surface area contributed by atoms with Gasteiger partial charge in [-0.2, -0.15) is 0 Å². The van der Waals surface area contributed by atoms with Gasteiger partial charge < -0.3 is 25.2 Å². The van der Waals surface area contributed by atoms with Gasteiger partial charge in [0.15, 0.2) is 11.5 Å². The summed E-state index contributed by atoms with van der Waals surface area (Å²) in [5.41, 5.74) is 0.359. The monoisotopic (exact) mass is 240 g/mol. The lowest BCUT2D eigenvalue weighted by molar-refractivity contribution is 0.126. The smallest absolute Gasteiger partial charge is 0.161 e. The van der Waals surface area contributed by atoms with E-state index in [0.717, 1.165) is 0 Å². The minimum absolute atomic E-state index is 0.0489. The molecule has 0 radical (unpaired) electrons. The van der Waals surface area contributed by atoms with Gasteiger partial charge in [-0.25, -0.2) is 0 Å². The van der Waals surface area contributed by atoms with Gasteiger partial charge >= 0.3 is 0 Å². The highest BCUT2D eigenvalue weighted by molar-refractivity contribution is 5.38. The summed E-state index contributed by atoms with van der Waals surface area (Å²) in [6, 6.07) is 6.33. The Labute approximate surface area is 99.2 Å². The van der Waals surface area contributed by atoms with Gasteiger partial charge in [-0.15, -0.1) is 0 Å². The van der Waals surface area contributed by atoms with Gasteiger partial charge in [0.05, 0.1) is 19.8 Å². The summed E-state index contributed by atoms with van der Waals surface area (Å²) in [4.78, 5) is 0. The highest BCUT2D eigenvalue weighted by Crippen LogP contribution is 2.26. The third kappa shape index (κ3) is 3.74. The lowest BCUT2D eigenvalue weighted by atomic mass is 10.1. The molecule has 1 unspecified atom stereocenters. The second-order valence-electron chi connectivity index (χ2n) is 3.38. The molecule has 0 aliphatic carbocycles. The van der Waals surface area contributed by atoms with Crippen molar-refractivity contribution < 1.29 is 25.2 Å². The van der Waals surface area contributed by atoms with Crippen LogP contribution in [-0.2, 0) is 0 Å². The molecule has 5 heteroatoms. The molecule has 0 fully saturated rings. The summed E-state index contributed by atoms with van der Waals surface area (Å²) in [7, 11) is 0. The first kappa shape index (κ1) is 13.5. The minimum atomic E-state index is -0.791. The van der Waals surface area contributed by atoms with Crippen LogP contribution in [0.3, 0.4) is 0 Å². The van der Waals surface area contributed by atoms with Crippen molar-refractivity contribution in [1.29, 1.82) is 0 Å². The number of hydrogen-bond acceptors (Lipinski definition) is 5. The molecule has 4 N–H and O–H groups in total. The third-order valence-electron chi connectivity index (χ3n) is 2.25. The lowest BCUT2D eigenvalue weighted by Crippen LogP contribution is -2.26. The highest BCUT2D eigenvalue weighted by atomic mass is 16.5.